The van der Waals surface area contributed by atoms with Crippen LogP contribution in [0, 0.1) is 31.7 Å². The van der Waals surface area contributed by atoms with Crippen molar-refractivity contribution >= 4 is 48.1 Å². The minimum absolute atomic E-state index is 0. The van der Waals surface area contributed by atoms with E-state index in [2.05, 4.69) is 129 Å². The molecule has 1 N–H and O–H groups in total. The number of hydrogen-bond donors (Lipinski definition) is 1. The van der Waals surface area contributed by atoms with Crippen LogP contribution in [0.1, 0.15) is 149 Å². The number of ketones is 1. The Bertz CT molecular complexity index is 2520. The van der Waals surface area contributed by atoms with Crippen LogP contribution in [0.15, 0.2) is 78.7 Å². The third-order valence-electron chi connectivity index (χ3n) is 13.4. The normalized spacial score (nSPS) is 15.2. The van der Waals surface area contributed by atoms with Gasteiger partial charge >= 0.3 is 0 Å². The van der Waals surface area contributed by atoms with E-state index in [1.165, 1.54) is 84.3 Å². The van der Waals surface area contributed by atoms with Crippen molar-refractivity contribution in [1.82, 2.24) is 4.98 Å². The van der Waals surface area contributed by atoms with Crippen LogP contribution in [-0.4, -0.2) is 15.9 Å². The van der Waals surface area contributed by atoms with Gasteiger partial charge in [0.05, 0.1) is 5.76 Å². The maximum atomic E-state index is 11.7. The number of nitrogens with zero attached hydrogens (tertiary/aromatic N) is 1. The van der Waals surface area contributed by atoms with Crippen molar-refractivity contribution in [3.8, 4) is 22.4 Å². The molecule has 5 heteroatoms. The third-order valence-corrected chi connectivity index (χ3v) is 14.8. The predicted molar refractivity (Wildman–Crippen MR) is 256 cm³/mol. The molecule has 321 valence electrons. The number of aromatic nitrogens is 1. The molecular formula is C55H68IrNO2S-. The number of rotatable bonds is 9. The molecule has 0 aliphatic heterocycles. The van der Waals surface area contributed by atoms with Gasteiger partial charge in [-0.15, -0.1) is 40.5 Å². The van der Waals surface area contributed by atoms with E-state index in [1.54, 1.807) is 5.56 Å². The van der Waals surface area contributed by atoms with Crippen molar-refractivity contribution in [2.45, 2.75) is 151 Å². The molecule has 6 aromatic rings. The molecule has 7 rings (SSSR count). The molecule has 0 saturated heterocycles. The maximum Gasteiger partial charge on any atom is 0.162 e. The van der Waals surface area contributed by atoms with Gasteiger partial charge in [0, 0.05) is 64.7 Å². The number of pyridine rings is 1. The van der Waals surface area contributed by atoms with Gasteiger partial charge in [0.1, 0.15) is 0 Å². The number of aryl methyl sites for hydroxylation is 2. The molecule has 0 bridgehead atoms. The fourth-order valence-electron chi connectivity index (χ4n) is 9.50. The molecule has 0 spiro atoms. The summed E-state index contributed by atoms with van der Waals surface area (Å²) in [6.45, 7) is 29.3. The van der Waals surface area contributed by atoms with E-state index in [9.17, 15) is 9.90 Å². The van der Waals surface area contributed by atoms with Crippen LogP contribution in [0.25, 0.3) is 53.3 Å². The Morgan fingerprint density at radius 1 is 0.800 bits per heavy atom. The number of carbonyl (C=O) groups is 1. The molecule has 2 aromatic heterocycles. The number of thiophene rings is 1. The molecule has 60 heavy (non-hydrogen) atoms. The summed E-state index contributed by atoms with van der Waals surface area (Å²) in [5.74, 6) is 0.547. The van der Waals surface area contributed by atoms with E-state index in [-0.39, 0.29) is 59.7 Å². The molecule has 0 atom stereocenters. The first-order valence-electron chi connectivity index (χ1n) is 22.2. The van der Waals surface area contributed by atoms with Crippen molar-refractivity contribution in [2.75, 3.05) is 0 Å². The van der Waals surface area contributed by atoms with Gasteiger partial charge < -0.3 is 5.11 Å². The first-order valence-corrected chi connectivity index (χ1v) is 23.0. The summed E-state index contributed by atoms with van der Waals surface area (Å²) in [5.41, 5.74) is 12.4. The van der Waals surface area contributed by atoms with Crippen LogP contribution in [-0.2, 0) is 41.1 Å². The van der Waals surface area contributed by atoms with E-state index in [1.807, 2.05) is 45.2 Å². The number of carbonyl (C=O) groups excluding carboxylic acids is 1. The largest absolute Gasteiger partial charge is 0.512 e. The van der Waals surface area contributed by atoms with Crippen LogP contribution in [0.2, 0.25) is 0 Å². The van der Waals surface area contributed by atoms with Crippen molar-refractivity contribution in [2.24, 2.45) is 11.8 Å². The number of benzene rings is 4. The Balaban J connectivity index is 0.000000367. The molecule has 0 fully saturated rings. The number of fused-ring (bicyclic) bond motifs is 5. The molecule has 4 aromatic carbocycles. The average molecular weight is 999 g/mol. The predicted octanol–water partition coefficient (Wildman–Crippen LogP) is 16.3. The summed E-state index contributed by atoms with van der Waals surface area (Å²) in [4.78, 5) is 16.7. The zero-order chi connectivity index (χ0) is 43.0. The van der Waals surface area contributed by atoms with E-state index < -0.39 is 0 Å². The molecule has 0 amide bonds. The van der Waals surface area contributed by atoms with E-state index in [4.69, 9.17) is 4.98 Å². The monoisotopic (exact) mass is 999 g/mol. The Morgan fingerprint density at radius 3 is 2.02 bits per heavy atom. The zero-order valence-corrected chi connectivity index (χ0v) is 41.8. The second-order valence-corrected chi connectivity index (χ2v) is 20.5. The number of hydrogen-bond acceptors (Lipinski definition) is 4. The maximum absolute atomic E-state index is 11.7. The van der Waals surface area contributed by atoms with Gasteiger partial charge in [-0.3, -0.25) is 9.78 Å². The molecule has 2 heterocycles. The van der Waals surface area contributed by atoms with Crippen molar-refractivity contribution in [3.05, 3.63) is 113 Å². The number of aliphatic hydroxyl groups is 1. The van der Waals surface area contributed by atoms with E-state index in [0.717, 1.165) is 42.3 Å². The molecule has 3 nitrogen and oxygen atoms in total. The van der Waals surface area contributed by atoms with Gasteiger partial charge in [-0.05, 0) is 113 Å². The van der Waals surface area contributed by atoms with E-state index >= 15 is 0 Å². The van der Waals surface area contributed by atoms with Crippen molar-refractivity contribution in [1.29, 1.82) is 0 Å². The van der Waals surface area contributed by atoms with Crippen LogP contribution in [0.4, 0.5) is 0 Å². The standard InChI is InChI=1S/C42H44NS.C13H24O2.Ir/c1-25-21-35-36(42(8,9)19-12-18-41(35,6)7)24-33(25)29-15-16-31-32-17-20-43-37(39(32)44-38(31)26(29)2)28-22-27-13-10-11-14-30(27)34(23-28)40(3,4)5;1-5-10(6-2)12(14)9-13(15)11(7-3)8-4;/h10-11,13-17,20-21,23-24H,12,18-19H2,1-9H3;9-11,14H,5-8H2,1-4H3;/q-1;;/b;12-9-;. The second kappa shape index (κ2) is 18.8. The van der Waals surface area contributed by atoms with Crippen LogP contribution in [0.5, 0.6) is 0 Å². The SMILES string of the molecule is CCC(CC)C(=O)/C=C(\O)C(CC)CC.Cc1cc2c(cc1-c1ccc3c(sc4c(-c5[c-]c6ccccc6c(C(C)(C)C)c5)nccc43)c1C)C(C)(C)CCCC2(C)C.[Ir]. The topological polar surface area (TPSA) is 50.2 Å². The molecule has 0 unspecified atom stereocenters. The smallest absolute Gasteiger partial charge is 0.162 e. The summed E-state index contributed by atoms with van der Waals surface area (Å²) >= 11 is 1.89. The summed E-state index contributed by atoms with van der Waals surface area (Å²) in [6.07, 6.45) is 10.6. The van der Waals surface area contributed by atoms with E-state index in [0.29, 0.717) is 0 Å². The van der Waals surface area contributed by atoms with Gasteiger partial charge in [0.25, 0.3) is 0 Å². The second-order valence-electron chi connectivity index (χ2n) is 19.5. The molecule has 0 saturated carbocycles. The fourth-order valence-corrected chi connectivity index (χ4v) is 10.8. The van der Waals surface area contributed by atoms with Gasteiger partial charge in [-0.2, -0.15) is 0 Å². The van der Waals surface area contributed by atoms with Gasteiger partial charge in [0.2, 0.25) is 0 Å². The molecule has 1 aliphatic carbocycles. The minimum atomic E-state index is 0. The molecule has 1 aliphatic rings. The average Bonchev–Trinajstić information content (AvgIpc) is 3.54. The number of aliphatic hydroxyl groups excluding tert-OH is 1. The Hall–Kier alpha value is -3.63. The van der Waals surface area contributed by atoms with Crippen LogP contribution < -0.4 is 0 Å². The Labute approximate surface area is 378 Å². The molecule has 1 radical (unpaired) electrons. The van der Waals surface area contributed by atoms with Crippen molar-refractivity contribution < 1.29 is 30.0 Å². The van der Waals surface area contributed by atoms with Gasteiger partial charge in [0.15, 0.2) is 5.78 Å². The van der Waals surface area contributed by atoms with Crippen LogP contribution in [0.3, 0.4) is 0 Å². The minimum Gasteiger partial charge on any atom is -0.512 e. The first kappa shape index (κ1) is 47.4. The third kappa shape index (κ3) is 9.40. The van der Waals surface area contributed by atoms with Crippen molar-refractivity contribution in [3.63, 3.8) is 0 Å². The summed E-state index contributed by atoms with van der Waals surface area (Å²) in [7, 11) is 0. The summed E-state index contributed by atoms with van der Waals surface area (Å²) < 4.78 is 2.60. The Morgan fingerprint density at radius 2 is 1.40 bits per heavy atom. The quantitative estimate of drug-likeness (QED) is 0.0680. The summed E-state index contributed by atoms with van der Waals surface area (Å²) in [5, 5.41) is 14.8. The van der Waals surface area contributed by atoms with Gasteiger partial charge in [-0.1, -0.05) is 136 Å². The Kier molecular flexibility index (Phi) is 14.8. The van der Waals surface area contributed by atoms with Gasteiger partial charge in [-0.25, -0.2) is 0 Å². The fraction of sp³-hybridized carbons (Fsp3) is 0.455. The van der Waals surface area contributed by atoms with Crippen LogP contribution >= 0.6 is 11.3 Å². The molecular weight excluding hydrogens is 931 g/mol. The zero-order valence-electron chi connectivity index (χ0n) is 38.6. The summed E-state index contributed by atoms with van der Waals surface area (Å²) in [6, 6.07) is 26.7. The number of allylic oxidation sites excluding steroid dienone is 2. The first-order chi connectivity index (χ1) is 27.9.